The van der Waals surface area contributed by atoms with Gasteiger partial charge in [0.1, 0.15) is 5.82 Å². The number of hydrogen-bond donors (Lipinski definition) is 2. The largest absolute Gasteiger partial charge is 0.396 e. The maximum Gasteiger partial charge on any atom is 0.251 e. The van der Waals surface area contributed by atoms with Gasteiger partial charge in [-0.05, 0) is 42.8 Å². The number of nitrogens with one attached hydrogen (secondary N) is 1. The molecule has 0 aliphatic rings. The lowest BCUT2D eigenvalue weighted by molar-refractivity contribution is 0.0940. The van der Waals surface area contributed by atoms with Gasteiger partial charge in [0.25, 0.3) is 5.91 Å². The molecule has 106 valence electrons. The first-order valence-electron chi connectivity index (χ1n) is 6.37. The Balaban J connectivity index is 2.10. The first kappa shape index (κ1) is 14.5. The molecular formula is C16H14FN3O. The number of amides is 1. The Hall–Kier alpha value is -2.87. The molecule has 2 aromatic rings. The zero-order valence-electron chi connectivity index (χ0n) is 11.4. The third-order valence-corrected chi connectivity index (χ3v) is 3.15. The molecule has 4 nitrogen and oxygen atoms in total. The Bertz CT molecular complexity index is 704. The fourth-order valence-corrected chi connectivity index (χ4v) is 1.89. The van der Waals surface area contributed by atoms with Crippen LogP contribution in [-0.2, 0) is 0 Å². The van der Waals surface area contributed by atoms with E-state index in [1.165, 1.54) is 12.1 Å². The third-order valence-electron chi connectivity index (χ3n) is 3.15. The molecular weight excluding hydrogens is 269 g/mol. The number of nitrogens with zero attached hydrogens (tertiary/aromatic N) is 1. The number of rotatable bonds is 3. The highest BCUT2D eigenvalue weighted by Crippen LogP contribution is 2.16. The lowest BCUT2D eigenvalue weighted by Crippen LogP contribution is -2.26. The Kier molecular flexibility index (Phi) is 4.19. The van der Waals surface area contributed by atoms with Crippen molar-refractivity contribution < 1.29 is 9.18 Å². The number of hydrogen-bond acceptors (Lipinski definition) is 3. The number of nitrogen functional groups attached to an aromatic ring is 1. The molecule has 3 N–H and O–H groups in total. The second kappa shape index (κ2) is 6.06. The van der Waals surface area contributed by atoms with E-state index in [0.29, 0.717) is 11.1 Å². The Morgan fingerprint density at radius 3 is 2.52 bits per heavy atom. The molecule has 0 saturated carbocycles. The summed E-state index contributed by atoms with van der Waals surface area (Å²) in [4.78, 5) is 12.1. The summed E-state index contributed by atoms with van der Waals surface area (Å²) in [7, 11) is 0. The number of benzene rings is 2. The van der Waals surface area contributed by atoms with Crippen molar-refractivity contribution in [3.8, 4) is 6.07 Å². The SMILES string of the molecule is CC(NC(=O)c1ccc(F)c(N)c1)c1ccc(C#N)cc1. The van der Waals surface area contributed by atoms with Crippen LogP contribution in [0.4, 0.5) is 10.1 Å². The van der Waals surface area contributed by atoms with E-state index in [1.54, 1.807) is 24.3 Å². The van der Waals surface area contributed by atoms with Crippen molar-refractivity contribution in [2.75, 3.05) is 5.73 Å². The second-order valence-electron chi connectivity index (χ2n) is 4.67. The monoisotopic (exact) mass is 283 g/mol. The van der Waals surface area contributed by atoms with Gasteiger partial charge in [-0.3, -0.25) is 4.79 Å². The quantitative estimate of drug-likeness (QED) is 0.850. The highest BCUT2D eigenvalue weighted by Gasteiger charge is 2.12. The summed E-state index contributed by atoms with van der Waals surface area (Å²) >= 11 is 0. The maximum absolute atomic E-state index is 13.1. The fourth-order valence-electron chi connectivity index (χ4n) is 1.89. The molecule has 0 aliphatic carbocycles. The van der Waals surface area contributed by atoms with Crippen molar-refractivity contribution in [3.63, 3.8) is 0 Å². The number of carbonyl (C=O) groups excluding carboxylic acids is 1. The lowest BCUT2D eigenvalue weighted by atomic mass is 10.1. The predicted molar refractivity (Wildman–Crippen MR) is 77.9 cm³/mol. The van der Waals surface area contributed by atoms with Gasteiger partial charge in [0.15, 0.2) is 0 Å². The van der Waals surface area contributed by atoms with Crippen LogP contribution in [0.2, 0.25) is 0 Å². The average Bonchev–Trinajstić information content (AvgIpc) is 2.50. The average molecular weight is 283 g/mol. The van der Waals surface area contributed by atoms with Gasteiger partial charge in [-0.1, -0.05) is 12.1 Å². The van der Waals surface area contributed by atoms with Crippen molar-refractivity contribution in [3.05, 3.63) is 65.0 Å². The van der Waals surface area contributed by atoms with E-state index < -0.39 is 5.82 Å². The van der Waals surface area contributed by atoms with Gasteiger partial charge in [-0.15, -0.1) is 0 Å². The molecule has 0 saturated heterocycles. The summed E-state index contributed by atoms with van der Waals surface area (Å²) in [6, 6.07) is 12.6. The molecule has 0 aromatic heterocycles. The van der Waals surface area contributed by atoms with Crippen molar-refractivity contribution in [2.45, 2.75) is 13.0 Å². The van der Waals surface area contributed by atoms with E-state index in [9.17, 15) is 9.18 Å². The van der Waals surface area contributed by atoms with Crippen LogP contribution in [0.25, 0.3) is 0 Å². The van der Waals surface area contributed by atoms with Crippen molar-refractivity contribution in [1.29, 1.82) is 5.26 Å². The molecule has 0 radical (unpaired) electrons. The van der Waals surface area contributed by atoms with Gasteiger partial charge in [0.05, 0.1) is 23.4 Å². The maximum atomic E-state index is 13.1. The first-order valence-corrected chi connectivity index (χ1v) is 6.37. The summed E-state index contributed by atoms with van der Waals surface area (Å²) in [5.41, 5.74) is 7.12. The molecule has 0 spiro atoms. The van der Waals surface area contributed by atoms with E-state index in [0.717, 1.165) is 11.6 Å². The van der Waals surface area contributed by atoms with Crippen LogP contribution < -0.4 is 11.1 Å². The highest BCUT2D eigenvalue weighted by molar-refractivity contribution is 5.95. The molecule has 1 atom stereocenters. The summed E-state index contributed by atoms with van der Waals surface area (Å²) in [5.74, 6) is -0.884. The van der Waals surface area contributed by atoms with Crippen LogP contribution in [0.1, 0.15) is 34.5 Å². The lowest BCUT2D eigenvalue weighted by Gasteiger charge is -2.14. The number of nitrogens with two attached hydrogens (primary N) is 1. The Morgan fingerprint density at radius 2 is 1.95 bits per heavy atom. The fraction of sp³-hybridized carbons (Fsp3) is 0.125. The summed E-state index contributed by atoms with van der Waals surface area (Å²) in [6.07, 6.45) is 0. The van der Waals surface area contributed by atoms with Gasteiger partial charge >= 0.3 is 0 Å². The van der Waals surface area contributed by atoms with Crippen LogP contribution in [0.15, 0.2) is 42.5 Å². The van der Waals surface area contributed by atoms with Crippen LogP contribution in [0.5, 0.6) is 0 Å². The van der Waals surface area contributed by atoms with Crippen LogP contribution in [0.3, 0.4) is 0 Å². The molecule has 0 aliphatic heterocycles. The van der Waals surface area contributed by atoms with E-state index in [2.05, 4.69) is 5.32 Å². The first-order chi connectivity index (χ1) is 10.0. The summed E-state index contributed by atoms with van der Waals surface area (Å²) in [5, 5.41) is 11.5. The van der Waals surface area contributed by atoms with Crippen LogP contribution >= 0.6 is 0 Å². The Morgan fingerprint density at radius 1 is 1.29 bits per heavy atom. The molecule has 0 bridgehead atoms. The Labute approximate surface area is 122 Å². The van der Waals surface area contributed by atoms with Crippen molar-refractivity contribution in [2.24, 2.45) is 0 Å². The van der Waals surface area contributed by atoms with Gasteiger partial charge in [0, 0.05) is 5.56 Å². The minimum absolute atomic E-state index is 0.0614. The van der Waals surface area contributed by atoms with Crippen LogP contribution in [-0.4, -0.2) is 5.91 Å². The standard InChI is InChI=1S/C16H14FN3O/c1-10(12-4-2-11(9-18)3-5-12)20-16(21)13-6-7-14(17)15(19)8-13/h2-8,10H,19H2,1H3,(H,20,21). The summed E-state index contributed by atoms with van der Waals surface area (Å²) < 4.78 is 13.1. The van der Waals surface area contributed by atoms with E-state index in [-0.39, 0.29) is 17.6 Å². The molecule has 1 amide bonds. The van der Waals surface area contributed by atoms with Gasteiger partial charge in [0.2, 0.25) is 0 Å². The predicted octanol–water partition coefficient (Wildman–Crippen LogP) is 2.77. The molecule has 1 unspecified atom stereocenters. The second-order valence-corrected chi connectivity index (χ2v) is 4.67. The molecule has 0 heterocycles. The van der Waals surface area contributed by atoms with Crippen molar-refractivity contribution in [1.82, 2.24) is 5.32 Å². The zero-order valence-corrected chi connectivity index (χ0v) is 11.4. The topological polar surface area (TPSA) is 78.9 Å². The smallest absolute Gasteiger partial charge is 0.251 e. The normalized spacial score (nSPS) is 11.5. The van der Waals surface area contributed by atoms with Crippen molar-refractivity contribution >= 4 is 11.6 Å². The third kappa shape index (κ3) is 3.37. The van der Waals surface area contributed by atoms with E-state index in [4.69, 9.17) is 11.0 Å². The number of anilines is 1. The molecule has 5 heteroatoms. The van der Waals surface area contributed by atoms with E-state index >= 15 is 0 Å². The summed E-state index contributed by atoms with van der Waals surface area (Å²) in [6.45, 7) is 1.83. The van der Waals surface area contributed by atoms with E-state index in [1.807, 2.05) is 13.0 Å². The molecule has 2 rings (SSSR count). The number of carbonyl (C=O) groups is 1. The van der Waals surface area contributed by atoms with Gasteiger partial charge in [-0.25, -0.2) is 4.39 Å². The van der Waals surface area contributed by atoms with Gasteiger partial charge < -0.3 is 11.1 Å². The zero-order chi connectivity index (χ0) is 15.4. The highest BCUT2D eigenvalue weighted by atomic mass is 19.1. The van der Waals surface area contributed by atoms with Gasteiger partial charge in [-0.2, -0.15) is 5.26 Å². The number of nitriles is 1. The minimum atomic E-state index is -0.549. The minimum Gasteiger partial charge on any atom is -0.396 e. The molecule has 0 fully saturated rings. The molecule has 2 aromatic carbocycles. The molecule has 21 heavy (non-hydrogen) atoms. The number of halogens is 1. The van der Waals surface area contributed by atoms with Crippen LogP contribution in [0, 0.1) is 17.1 Å².